The van der Waals surface area contributed by atoms with Crippen LogP contribution < -0.4 is 5.32 Å². The molecule has 2 saturated heterocycles. The van der Waals surface area contributed by atoms with Crippen molar-refractivity contribution in [2.75, 3.05) is 18.4 Å². The zero-order valence-electron chi connectivity index (χ0n) is 21.3. The van der Waals surface area contributed by atoms with Crippen LogP contribution in [0.3, 0.4) is 0 Å². The number of anilines is 1. The van der Waals surface area contributed by atoms with Gasteiger partial charge in [0.25, 0.3) is 5.69 Å². The van der Waals surface area contributed by atoms with Crippen LogP contribution in [0.1, 0.15) is 24.8 Å². The van der Waals surface area contributed by atoms with Crippen molar-refractivity contribution in [1.82, 2.24) is 9.80 Å². The number of benzene rings is 3. The number of hydrogen-bond donors (Lipinski definition) is 1. The molecule has 39 heavy (non-hydrogen) atoms. The molecule has 1 N–H and O–H groups in total. The summed E-state index contributed by atoms with van der Waals surface area (Å²) in [5.41, 5.74) is 1.97. The highest BCUT2D eigenvalue weighted by Gasteiger charge is 2.43. The van der Waals surface area contributed by atoms with Gasteiger partial charge in [0, 0.05) is 43.9 Å². The van der Waals surface area contributed by atoms with Crippen LogP contribution in [-0.4, -0.2) is 56.1 Å². The average Bonchev–Trinajstić information content (AvgIpc) is 3.24. The van der Waals surface area contributed by atoms with Gasteiger partial charge in [-0.15, -0.1) is 0 Å². The first-order chi connectivity index (χ1) is 19.0. The number of para-hydroxylation sites is 3. The molecule has 0 radical (unpaired) electrons. The van der Waals surface area contributed by atoms with Gasteiger partial charge >= 0.3 is 0 Å². The molecule has 0 aromatic heterocycles. The third-order valence-corrected chi connectivity index (χ3v) is 8.01. The van der Waals surface area contributed by atoms with Crippen molar-refractivity contribution in [3.63, 3.8) is 0 Å². The molecular weight excluding hydrogens is 514 g/mol. The normalized spacial score (nSPS) is 19.4. The Morgan fingerprint density at radius 2 is 1.62 bits per heavy atom. The smallest absolute Gasteiger partial charge is 0.294 e. The molecule has 5 rings (SSSR count). The van der Waals surface area contributed by atoms with E-state index in [2.05, 4.69) is 27.3 Å². The summed E-state index contributed by atoms with van der Waals surface area (Å²) >= 11 is 1.21. The zero-order valence-corrected chi connectivity index (χ0v) is 22.1. The molecule has 0 spiro atoms. The summed E-state index contributed by atoms with van der Waals surface area (Å²) in [4.78, 5) is 46.3. The highest BCUT2D eigenvalue weighted by Crippen LogP contribution is 2.37. The van der Waals surface area contributed by atoms with Gasteiger partial charge in [0.05, 0.1) is 4.92 Å². The van der Waals surface area contributed by atoms with Gasteiger partial charge in [-0.3, -0.25) is 29.5 Å². The predicted molar refractivity (Wildman–Crippen MR) is 153 cm³/mol. The Labute approximate surface area is 231 Å². The number of nitro groups is 1. The second-order valence-corrected chi connectivity index (χ2v) is 10.7. The van der Waals surface area contributed by atoms with E-state index in [1.54, 1.807) is 35.2 Å². The molecule has 2 fully saturated rings. The number of nitro benzene ring substituents is 1. The Morgan fingerprint density at radius 3 is 2.31 bits per heavy atom. The van der Waals surface area contributed by atoms with E-state index < -0.39 is 10.2 Å². The molecule has 2 aliphatic heterocycles. The van der Waals surface area contributed by atoms with Crippen LogP contribution in [0.4, 0.5) is 17.1 Å². The molecule has 10 heteroatoms. The quantitative estimate of drug-likeness (QED) is 0.308. The number of carbonyl (C=O) groups is 2. The van der Waals surface area contributed by atoms with Crippen molar-refractivity contribution in [2.24, 2.45) is 4.99 Å². The van der Waals surface area contributed by atoms with Crippen molar-refractivity contribution in [2.45, 2.75) is 37.1 Å². The number of amidine groups is 1. The van der Waals surface area contributed by atoms with Crippen LogP contribution in [-0.2, 0) is 16.1 Å². The minimum atomic E-state index is -0.655. The summed E-state index contributed by atoms with van der Waals surface area (Å²) in [6.07, 6.45) is 1.48. The average molecular weight is 544 g/mol. The first-order valence-corrected chi connectivity index (χ1v) is 13.8. The van der Waals surface area contributed by atoms with Gasteiger partial charge in [-0.1, -0.05) is 72.4 Å². The van der Waals surface area contributed by atoms with E-state index in [-0.39, 0.29) is 35.7 Å². The fourth-order valence-electron chi connectivity index (χ4n) is 4.92. The van der Waals surface area contributed by atoms with Crippen LogP contribution in [0, 0.1) is 10.1 Å². The van der Waals surface area contributed by atoms with Gasteiger partial charge in [0.2, 0.25) is 11.8 Å². The topological polar surface area (TPSA) is 108 Å². The summed E-state index contributed by atoms with van der Waals surface area (Å²) in [7, 11) is 0. The molecule has 2 aliphatic rings. The van der Waals surface area contributed by atoms with Crippen molar-refractivity contribution >= 4 is 45.8 Å². The third kappa shape index (κ3) is 6.52. The first-order valence-electron chi connectivity index (χ1n) is 12.9. The third-order valence-electron chi connectivity index (χ3n) is 6.86. The summed E-state index contributed by atoms with van der Waals surface area (Å²) < 4.78 is 0. The molecule has 2 amide bonds. The van der Waals surface area contributed by atoms with Crippen LogP contribution >= 0.6 is 11.8 Å². The number of aliphatic imine (C=N–C) groups is 1. The van der Waals surface area contributed by atoms with Crippen LogP contribution in [0.2, 0.25) is 0 Å². The SMILES string of the molecule is O=C(C[C@H]1SC(=Nc2ccccc2[N+](=O)[O-])N(C2CCN(Cc3ccccc3)CC2)C1=O)Nc1ccccc1. The number of nitrogens with zero attached hydrogens (tertiary/aromatic N) is 4. The fraction of sp³-hybridized carbons (Fsp3) is 0.276. The van der Waals surface area contributed by atoms with E-state index in [4.69, 9.17) is 0 Å². The largest absolute Gasteiger partial charge is 0.326 e. The molecule has 200 valence electrons. The lowest BCUT2D eigenvalue weighted by atomic mass is 10.0. The van der Waals surface area contributed by atoms with Gasteiger partial charge in [0.15, 0.2) is 5.17 Å². The summed E-state index contributed by atoms with van der Waals surface area (Å²) in [5, 5.41) is 14.2. The predicted octanol–water partition coefficient (Wildman–Crippen LogP) is 5.22. The molecule has 3 aromatic rings. The fourth-order valence-corrected chi connectivity index (χ4v) is 6.13. The molecule has 0 bridgehead atoms. The van der Waals surface area contributed by atoms with E-state index in [0.29, 0.717) is 10.9 Å². The Hall–Kier alpha value is -4.02. The number of piperidine rings is 1. The first kappa shape index (κ1) is 26.6. The molecule has 3 aromatic carbocycles. The second kappa shape index (κ2) is 12.2. The number of amides is 2. The molecular formula is C29H29N5O4S. The van der Waals surface area contributed by atoms with Crippen molar-refractivity contribution < 1.29 is 14.5 Å². The highest BCUT2D eigenvalue weighted by atomic mass is 32.2. The minimum absolute atomic E-state index is 0.0162. The monoisotopic (exact) mass is 543 g/mol. The number of hydrogen-bond acceptors (Lipinski definition) is 7. The summed E-state index contributed by atoms with van der Waals surface area (Å²) in [5.74, 6) is -0.446. The van der Waals surface area contributed by atoms with Gasteiger partial charge in [-0.05, 0) is 36.6 Å². The van der Waals surface area contributed by atoms with Gasteiger partial charge < -0.3 is 5.32 Å². The standard InChI is InChI=1S/C29H29N5O4S/c35-27(30-22-11-5-2-6-12-22)19-26-28(36)33(29(39-26)31-24-13-7-8-14-25(24)34(37)38)23-15-17-32(18-16-23)20-21-9-3-1-4-10-21/h1-14,23,26H,15-20H2,(H,30,35)/t26-/m1/s1. The molecule has 0 saturated carbocycles. The van der Waals surface area contributed by atoms with Gasteiger partial charge in [-0.25, -0.2) is 4.99 Å². The highest BCUT2D eigenvalue weighted by molar-refractivity contribution is 8.15. The van der Waals surface area contributed by atoms with E-state index in [1.807, 2.05) is 36.4 Å². The summed E-state index contributed by atoms with van der Waals surface area (Å²) in [6, 6.07) is 25.5. The van der Waals surface area contributed by atoms with E-state index in [0.717, 1.165) is 32.5 Å². The maximum absolute atomic E-state index is 13.7. The zero-order chi connectivity index (χ0) is 27.2. The molecule has 2 heterocycles. The van der Waals surface area contributed by atoms with Crippen molar-refractivity contribution in [1.29, 1.82) is 0 Å². The Kier molecular flexibility index (Phi) is 8.33. The Morgan fingerprint density at radius 1 is 0.974 bits per heavy atom. The molecule has 9 nitrogen and oxygen atoms in total. The van der Waals surface area contributed by atoms with E-state index >= 15 is 0 Å². The number of thioether (sulfide) groups is 1. The lowest BCUT2D eigenvalue weighted by Crippen LogP contribution is -2.47. The van der Waals surface area contributed by atoms with Crippen LogP contribution in [0.15, 0.2) is 89.9 Å². The van der Waals surface area contributed by atoms with Crippen molar-refractivity contribution in [3.8, 4) is 0 Å². The maximum Gasteiger partial charge on any atom is 0.294 e. The lowest BCUT2D eigenvalue weighted by molar-refractivity contribution is -0.384. The van der Waals surface area contributed by atoms with Crippen LogP contribution in [0.25, 0.3) is 0 Å². The molecule has 0 aliphatic carbocycles. The van der Waals surface area contributed by atoms with Crippen LogP contribution in [0.5, 0.6) is 0 Å². The number of carbonyl (C=O) groups excluding carboxylic acids is 2. The van der Waals surface area contributed by atoms with Crippen molar-refractivity contribution in [3.05, 3.63) is 101 Å². The van der Waals surface area contributed by atoms with Gasteiger partial charge in [0.1, 0.15) is 10.9 Å². The number of rotatable bonds is 8. The number of likely N-dealkylation sites (tertiary alicyclic amines) is 1. The Bertz CT molecular complexity index is 1360. The second-order valence-electron chi connectivity index (χ2n) is 9.57. The molecule has 0 unspecified atom stereocenters. The molecule has 1 atom stereocenters. The Balaban J connectivity index is 1.34. The van der Waals surface area contributed by atoms with E-state index in [1.165, 1.54) is 23.4 Å². The maximum atomic E-state index is 13.7. The van der Waals surface area contributed by atoms with Gasteiger partial charge in [-0.2, -0.15) is 0 Å². The number of nitrogens with one attached hydrogen (secondary N) is 1. The minimum Gasteiger partial charge on any atom is -0.326 e. The van der Waals surface area contributed by atoms with E-state index in [9.17, 15) is 19.7 Å². The summed E-state index contributed by atoms with van der Waals surface area (Å²) in [6.45, 7) is 2.47. The lowest BCUT2D eigenvalue weighted by Gasteiger charge is -2.36.